The van der Waals surface area contributed by atoms with Gasteiger partial charge in [-0.2, -0.15) is 4.39 Å². The highest BCUT2D eigenvalue weighted by Crippen LogP contribution is 2.84. The Morgan fingerprint density at radius 3 is 2.39 bits per heavy atom. The first-order valence-electron chi connectivity index (χ1n) is 9.14. The molecular formula is C19H21FN2O. The van der Waals surface area contributed by atoms with E-state index in [1.54, 1.807) is 0 Å². The fourth-order valence-corrected chi connectivity index (χ4v) is 8.16. The number of pyridine rings is 1. The van der Waals surface area contributed by atoms with Gasteiger partial charge in [0, 0.05) is 12.7 Å². The second-order valence-electron chi connectivity index (χ2n) is 8.51. The number of carbonyl (C=O) groups is 1. The lowest BCUT2D eigenvalue weighted by Gasteiger charge is -2.33. The summed E-state index contributed by atoms with van der Waals surface area (Å²) in [6.45, 7) is 0.752. The van der Waals surface area contributed by atoms with Crippen molar-refractivity contribution >= 4 is 5.91 Å². The summed E-state index contributed by atoms with van der Waals surface area (Å²) < 4.78 is 12.8. The fourth-order valence-electron chi connectivity index (χ4n) is 8.16. The molecule has 8 atom stereocenters. The molecule has 6 aliphatic rings. The SMILES string of the molecule is O=C(NCCC1C2C3CC4C5CC(C42)C1C53)c1ccc(F)nc1. The van der Waals surface area contributed by atoms with E-state index in [1.807, 2.05) is 0 Å². The van der Waals surface area contributed by atoms with Crippen molar-refractivity contribution in [3.8, 4) is 0 Å². The minimum absolute atomic E-state index is 0.126. The van der Waals surface area contributed by atoms with Gasteiger partial charge in [0.2, 0.25) is 5.95 Å². The summed E-state index contributed by atoms with van der Waals surface area (Å²) in [6, 6.07) is 2.74. The Bertz CT molecular complexity index is 661. The Morgan fingerprint density at radius 2 is 1.78 bits per heavy atom. The van der Waals surface area contributed by atoms with E-state index >= 15 is 0 Å². The monoisotopic (exact) mass is 312 g/mol. The molecule has 1 N–H and O–H groups in total. The zero-order valence-electron chi connectivity index (χ0n) is 13.0. The van der Waals surface area contributed by atoms with Gasteiger partial charge in [0.15, 0.2) is 0 Å². The molecule has 7 rings (SSSR count). The van der Waals surface area contributed by atoms with Gasteiger partial charge in [0.25, 0.3) is 5.91 Å². The third-order valence-electron chi connectivity index (χ3n) is 8.24. The van der Waals surface area contributed by atoms with Crippen LogP contribution in [0.1, 0.15) is 29.6 Å². The molecule has 0 spiro atoms. The maximum absolute atomic E-state index is 12.8. The van der Waals surface area contributed by atoms with Crippen molar-refractivity contribution in [2.75, 3.05) is 6.54 Å². The van der Waals surface area contributed by atoms with Crippen molar-refractivity contribution in [2.24, 2.45) is 53.3 Å². The second-order valence-corrected chi connectivity index (χ2v) is 8.51. The minimum atomic E-state index is -0.544. The predicted octanol–water partition coefficient (Wildman–Crippen LogP) is 2.73. The second kappa shape index (κ2) is 4.14. The summed E-state index contributed by atoms with van der Waals surface area (Å²) in [4.78, 5) is 15.7. The topological polar surface area (TPSA) is 42.0 Å². The largest absolute Gasteiger partial charge is 0.352 e. The van der Waals surface area contributed by atoms with Gasteiger partial charge in [-0.15, -0.1) is 0 Å². The van der Waals surface area contributed by atoms with E-state index in [-0.39, 0.29) is 5.91 Å². The first-order valence-corrected chi connectivity index (χ1v) is 9.14. The Labute approximate surface area is 135 Å². The van der Waals surface area contributed by atoms with Crippen LogP contribution >= 0.6 is 0 Å². The zero-order chi connectivity index (χ0) is 15.3. The number of nitrogens with one attached hydrogen (secondary N) is 1. The number of amides is 1. The maximum Gasteiger partial charge on any atom is 0.252 e. The van der Waals surface area contributed by atoms with E-state index in [2.05, 4.69) is 10.3 Å². The first-order chi connectivity index (χ1) is 11.2. The molecule has 6 aliphatic carbocycles. The summed E-state index contributed by atoms with van der Waals surface area (Å²) in [5.74, 6) is 8.54. The Hall–Kier alpha value is -1.45. The summed E-state index contributed by atoms with van der Waals surface area (Å²) in [5.41, 5.74) is 0.449. The van der Waals surface area contributed by atoms with Crippen LogP contribution < -0.4 is 5.32 Å². The summed E-state index contributed by atoms with van der Waals surface area (Å²) in [6.07, 6.45) is 5.51. The van der Waals surface area contributed by atoms with Gasteiger partial charge in [-0.3, -0.25) is 4.79 Å². The molecule has 0 saturated heterocycles. The molecule has 0 radical (unpaired) electrons. The van der Waals surface area contributed by atoms with E-state index in [1.165, 1.54) is 31.2 Å². The van der Waals surface area contributed by atoms with E-state index in [4.69, 9.17) is 0 Å². The highest BCUT2D eigenvalue weighted by atomic mass is 19.1. The van der Waals surface area contributed by atoms with Crippen LogP contribution in [0.25, 0.3) is 0 Å². The number of nitrogens with zero attached hydrogens (tertiary/aromatic N) is 1. The van der Waals surface area contributed by atoms with Crippen LogP contribution in [0, 0.1) is 59.2 Å². The van der Waals surface area contributed by atoms with Crippen LogP contribution in [0.3, 0.4) is 0 Å². The predicted molar refractivity (Wildman–Crippen MR) is 81.8 cm³/mol. The van der Waals surface area contributed by atoms with Gasteiger partial charge in [-0.1, -0.05) is 0 Å². The molecule has 4 heteroatoms. The summed E-state index contributed by atoms with van der Waals surface area (Å²) in [5, 5.41) is 3.02. The lowest BCUT2D eigenvalue weighted by molar-refractivity contribution is 0.0949. The van der Waals surface area contributed by atoms with E-state index < -0.39 is 5.95 Å². The molecule has 6 saturated carbocycles. The third-order valence-corrected chi connectivity index (χ3v) is 8.24. The van der Waals surface area contributed by atoms with Crippen molar-refractivity contribution < 1.29 is 9.18 Å². The van der Waals surface area contributed by atoms with Crippen LogP contribution in [0.15, 0.2) is 18.3 Å². The molecule has 1 heterocycles. The average Bonchev–Trinajstić information content (AvgIpc) is 3.26. The molecule has 8 unspecified atom stereocenters. The van der Waals surface area contributed by atoms with Crippen LogP contribution in [-0.2, 0) is 0 Å². The Morgan fingerprint density at radius 1 is 1.09 bits per heavy atom. The lowest BCUT2D eigenvalue weighted by atomic mass is 9.71. The summed E-state index contributed by atoms with van der Waals surface area (Å²) >= 11 is 0. The van der Waals surface area contributed by atoms with Crippen LogP contribution in [-0.4, -0.2) is 17.4 Å². The van der Waals surface area contributed by atoms with E-state index in [9.17, 15) is 9.18 Å². The van der Waals surface area contributed by atoms with Gasteiger partial charge < -0.3 is 5.32 Å². The van der Waals surface area contributed by atoms with Gasteiger partial charge in [0.05, 0.1) is 5.56 Å². The standard InChI is InChI=1S/C19H21FN2O/c20-14-2-1-8(7-22-14)19(23)21-4-3-9-15-12-5-10-11-6-13(17(10)15)16(9)18(11)12/h1-2,7,9-13,15-18H,3-6H2,(H,21,23). The number of carbonyl (C=O) groups excluding carboxylic acids is 1. The molecule has 1 aromatic heterocycles. The van der Waals surface area contributed by atoms with Crippen molar-refractivity contribution in [1.82, 2.24) is 10.3 Å². The molecule has 1 aromatic rings. The molecule has 0 aromatic carbocycles. The first kappa shape index (κ1) is 12.9. The fraction of sp³-hybridized carbons (Fsp3) is 0.684. The van der Waals surface area contributed by atoms with Gasteiger partial charge in [-0.25, -0.2) is 4.98 Å². The van der Waals surface area contributed by atoms with Crippen LogP contribution in [0.2, 0.25) is 0 Å². The number of aromatic nitrogens is 1. The van der Waals surface area contributed by atoms with E-state index in [0.29, 0.717) is 5.56 Å². The molecule has 6 bridgehead atoms. The number of halogens is 1. The van der Waals surface area contributed by atoms with Crippen molar-refractivity contribution in [3.63, 3.8) is 0 Å². The van der Waals surface area contributed by atoms with Crippen molar-refractivity contribution in [2.45, 2.75) is 19.3 Å². The van der Waals surface area contributed by atoms with Gasteiger partial charge in [0.1, 0.15) is 0 Å². The number of hydrogen-bond donors (Lipinski definition) is 1. The molecular weight excluding hydrogens is 291 g/mol. The van der Waals surface area contributed by atoms with Gasteiger partial charge >= 0.3 is 0 Å². The molecule has 23 heavy (non-hydrogen) atoms. The highest BCUT2D eigenvalue weighted by Gasteiger charge is 2.79. The molecule has 0 aliphatic heterocycles. The maximum atomic E-state index is 12.8. The molecule has 120 valence electrons. The smallest absolute Gasteiger partial charge is 0.252 e. The lowest BCUT2D eigenvalue weighted by Crippen LogP contribution is -2.30. The Kier molecular flexibility index (Phi) is 2.32. The highest BCUT2D eigenvalue weighted by molar-refractivity contribution is 5.93. The molecule has 1 amide bonds. The van der Waals surface area contributed by atoms with E-state index in [0.717, 1.165) is 66.2 Å². The number of rotatable bonds is 4. The Balaban J connectivity index is 1.12. The third kappa shape index (κ3) is 1.42. The zero-order valence-corrected chi connectivity index (χ0v) is 13.0. The summed E-state index contributed by atoms with van der Waals surface area (Å²) in [7, 11) is 0. The molecule has 6 fully saturated rings. The normalized spacial score (nSPS) is 49.7. The van der Waals surface area contributed by atoms with Gasteiger partial charge in [-0.05, 0) is 84.7 Å². The average molecular weight is 312 g/mol. The minimum Gasteiger partial charge on any atom is -0.352 e. The van der Waals surface area contributed by atoms with Crippen molar-refractivity contribution in [1.29, 1.82) is 0 Å². The number of hydrogen-bond acceptors (Lipinski definition) is 2. The quantitative estimate of drug-likeness (QED) is 0.869. The molecule has 3 nitrogen and oxygen atoms in total. The van der Waals surface area contributed by atoms with Crippen LogP contribution in [0.4, 0.5) is 4.39 Å². The van der Waals surface area contributed by atoms with Crippen molar-refractivity contribution in [3.05, 3.63) is 29.8 Å². The van der Waals surface area contributed by atoms with Crippen LogP contribution in [0.5, 0.6) is 0 Å².